The van der Waals surface area contributed by atoms with Crippen LogP contribution >= 0.6 is 11.8 Å². The fraction of sp³-hybridized carbons (Fsp3) is 0.353. The van der Waals surface area contributed by atoms with Crippen LogP contribution in [0.15, 0.2) is 41.4 Å². The van der Waals surface area contributed by atoms with Crippen molar-refractivity contribution in [1.29, 1.82) is 0 Å². The maximum absolute atomic E-state index is 4.52. The van der Waals surface area contributed by atoms with Crippen LogP contribution in [-0.2, 0) is 0 Å². The molecule has 98 valence electrons. The maximum Gasteiger partial charge on any atom is 0.0508 e. The molecule has 0 aliphatic heterocycles. The van der Waals surface area contributed by atoms with E-state index in [2.05, 4.69) is 49.2 Å². The molecule has 0 atom stereocenters. The van der Waals surface area contributed by atoms with E-state index in [1.165, 1.54) is 34.4 Å². The lowest BCUT2D eigenvalue weighted by molar-refractivity contribution is 1.11. The average Bonchev–Trinajstić information content (AvgIpc) is 3.26. The summed E-state index contributed by atoms with van der Waals surface area (Å²) in [6.45, 7) is 4.26. The van der Waals surface area contributed by atoms with Crippen molar-refractivity contribution in [2.75, 3.05) is 5.75 Å². The Hall–Kier alpha value is -1.28. The third-order valence-corrected chi connectivity index (χ3v) is 4.65. The molecule has 1 fully saturated rings. The zero-order valence-electron chi connectivity index (χ0n) is 11.5. The number of rotatable bonds is 4. The molecule has 1 aliphatic rings. The first kappa shape index (κ1) is 12.7. The zero-order valence-corrected chi connectivity index (χ0v) is 12.3. The summed E-state index contributed by atoms with van der Waals surface area (Å²) in [6.07, 6.45) is 4.71. The van der Waals surface area contributed by atoms with Gasteiger partial charge >= 0.3 is 0 Å². The van der Waals surface area contributed by atoms with Gasteiger partial charge in [-0.15, -0.1) is 11.8 Å². The van der Waals surface area contributed by atoms with Crippen LogP contribution < -0.4 is 0 Å². The highest BCUT2D eigenvalue weighted by Crippen LogP contribution is 2.40. The minimum Gasteiger partial charge on any atom is -0.260 e. The second kappa shape index (κ2) is 5.38. The normalized spacial score (nSPS) is 14.6. The molecule has 2 aromatic rings. The quantitative estimate of drug-likeness (QED) is 0.721. The molecule has 1 nitrogen and oxygen atoms in total. The number of aryl methyl sites for hydroxylation is 1. The van der Waals surface area contributed by atoms with Crippen LogP contribution in [0.4, 0.5) is 0 Å². The Labute approximate surface area is 119 Å². The Morgan fingerprint density at radius 3 is 2.53 bits per heavy atom. The van der Waals surface area contributed by atoms with E-state index >= 15 is 0 Å². The van der Waals surface area contributed by atoms with Crippen LogP contribution in [0.1, 0.15) is 36.9 Å². The van der Waals surface area contributed by atoms with Crippen molar-refractivity contribution in [2.24, 2.45) is 0 Å². The van der Waals surface area contributed by atoms with E-state index in [1.54, 1.807) is 0 Å². The number of hydrogen-bond acceptors (Lipinski definition) is 2. The summed E-state index contributed by atoms with van der Waals surface area (Å²) >= 11 is 1.87. The molecule has 0 radical (unpaired) electrons. The zero-order chi connectivity index (χ0) is 13.2. The van der Waals surface area contributed by atoms with E-state index in [-0.39, 0.29) is 0 Å². The molecular weight excluding hydrogens is 250 g/mol. The molecule has 0 N–H and O–H groups in total. The number of pyridine rings is 1. The molecular formula is C17H19NS. The fourth-order valence-electron chi connectivity index (χ4n) is 2.34. The Bertz CT molecular complexity index is 570. The minimum absolute atomic E-state index is 0.830. The highest BCUT2D eigenvalue weighted by Gasteiger charge is 2.22. The van der Waals surface area contributed by atoms with E-state index in [0.29, 0.717) is 0 Å². The van der Waals surface area contributed by atoms with E-state index in [1.807, 2.05) is 18.0 Å². The number of thioether (sulfide) groups is 1. The van der Waals surface area contributed by atoms with Gasteiger partial charge in [0.1, 0.15) is 0 Å². The number of hydrogen-bond donors (Lipinski definition) is 0. The third-order valence-electron chi connectivity index (χ3n) is 3.63. The summed E-state index contributed by atoms with van der Waals surface area (Å²) in [5.74, 6) is 1.92. The van der Waals surface area contributed by atoms with Gasteiger partial charge in [-0.05, 0) is 48.6 Å². The van der Waals surface area contributed by atoms with Crippen molar-refractivity contribution in [3.63, 3.8) is 0 Å². The van der Waals surface area contributed by atoms with Gasteiger partial charge in [0, 0.05) is 16.7 Å². The Morgan fingerprint density at radius 2 is 1.89 bits per heavy atom. The first-order valence-corrected chi connectivity index (χ1v) is 7.96. The number of aromatic nitrogens is 1. The highest BCUT2D eigenvalue weighted by molar-refractivity contribution is 7.99. The topological polar surface area (TPSA) is 12.9 Å². The molecule has 0 amide bonds. The maximum atomic E-state index is 4.52. The monoisotopic (exact) mass is 269 g/mol. The van der Waals surface area contributed by atoms with Gasteiger partial charge < -0.3 is 0 Å². The van der Waals surface area contributed by atoms with Crippen molar-refractivity contribution in [2.45, 2.75) is 37.5 Å². The Kier molecular flexibility index (Phi) is 3.61. The molecule has 0 unspecified atom stereocenters. The molecule has 1 aromatic heterocycles. The second-order valence-corrected chi connectivity index (χ2v) is 6.44. The van der Waals surface area contributed by atoms with E-state index < -0.39 is 0 Å². The predicted octanol–water partition coefficient (Wildman–Crippen LogP) is 5.05. The van der Waals surface area contributed by atoms with E-state index in [4.69, 9.17) is 0 Å². The first-order chi connectivity index (χ1) is 9.28. The molecule has 2 heteroatoms. The fourth-order valence-corrected chi connectivity index (χ4v) is 3.12. The van der Waals surface area contributed by atoms with Crippen molar-refractivity contribution in [1.82, 2.24) is 4.98 Å². The molecule has 0 bridgehead atoms. The van der Waals surface area contributed by atoms with Crippen molar-refractivity contribution in [3.8, 4) is 11.1 Å². The minimum atomic E-state index is 0.830. The highest BCUT2D eigenvalue weighted by atomic mass is 32.2. The van der Waals surface area contributed by atoms with Gasteiger partial charge in [0.15, 0.2) is 0 Å². The van der Waals surface area contributed by atoms with Gasteiger partial charge in [-0.1, -0.05) is 31.2 Å². The van der Waals surface area contributed by atoms with Crippen LogP contribution in [0.5, 0.6) is 0 Å². The predicted molar refractivity (Wildman–Crippen MR) is 82.8 cm³/mol. The van der Waals surface area contributed by atoms with Gasteiger partial charge in [0.25, 0.3) is 0 Å². The standard InChI is InChI=1S/C17H19NS/c1-3-19-17-10-16(11-18-12(17)2)15-8-6-14(7-9-15)13-4-5-13/h6-11,13H,3-5H2,1-2H3. The summed E-state index contributed by atoms with van der Waals surface area (Å²) in [4.78, 5) is 5.82. The lowest BCUT2D eigenvalue weighted by atomic mass is 10.0. The molecule has 0 saturated heterocycles. The van der Waals surface area contributed by atoms with E-state index in [9.17, 15) is 0 Å². The summed E-state index contributed by atoms with van der Waals surface area (Å²) in [5.41, 5.74) is 5.12. The number of benzene rings is 1. The van der Waals surface area contributed by atoms with Crippen LogP contribution in [-0.4, -0.2) is 10.7 Å². The molecule has 1 aromatic carbocycles. The molecule has 19 heavy (non-hydrogen) atoms. The summed E-state index contributed by atoms with van der Waals surface area (Å²) in [7, 11) is 0. The Balaban J connectivity index is 1.89. The molecule has 1 aliphatic carbocycles. The van der Waals surface area contributed by atoms with Gasteiger partial charge in [0.2, 0.25) is 0 Å². The Morgan fingerprint density at radius 1 is 1.16 bits per heavy atom. The lowest BCUT2D eigenvalue weighted by Crippen LogP contribution is -1.89. The van der Waals surface area contributed by atoms with Crippen LogP contribution in [0.3, 0.4) is 0 Å². The summed E-state index contributed by atoms with van der Waals surface area (Å²) in [5, 5.41) is 0. The first-order valence-electron chi connectivity index (χ1n) is 6.97. The average molecular weight is 269 g/mol. The van der Waals surface area contributed by atoms with Gasteiger partial charge in [-0.3, -0.25) is 4.98 Å². The van der Waals surface area contributed by atoms with Crippen LogP contribution in [0.2, 0.25) is 0 Å². The van der Waals surface area contributed by atoms with Gasteiger partial charge in [-0.2, -0.15) is 0 Å². The van der Waals surface area contributed by atoms with Crippen molar-refractivity contribution < 1.29 is 0 Å². The van der Waals surface area contributed by atoms with Gasteiger partial charge in [-0.25, -0.2) is 0 Å². The largest absolute Gasteiger partial charge is 0.260 e. The summed E-state index contributed by atoms with van der Waals surface area (Å²) < 4.78 is 0. The smallest absolute Gasteiger partial charge is 0.0508 e. The number of nitrogens with zero attached hydrogens (tertiary/aromatic N) is 1. The molecule has 3 rings (SSSR count). The molecule has 0 spiro atoms. The van der Waals surface area contributed by atoms with Crippen molar-refractivity contribution >= 4 is 11.8 Å². The van der Waals surface area contributed by atoms with Gasteiger partial charge in [0.05, 0.1) is 5.69 Å². The third kappa shape index (κ3) is 2.84. The molecule has 1 heterocycles. The van der Waals surface area contributed by atoms with Crippen LogP contribution in [0.25, 0.3) is 11.1 Å². The molecule has 1 saturated carbocycles. The summed E-state index contributed by atoms with van der Waals surface area (Å²) in [6, 6.07) is 11.3. The SMILES string of the molecule is CCSc1cc(-c2ccc(C3CC3)cc2)cnc1C. The van der Waals surface area contributed by atoms with Crippen molar-refractivity contribution in [3.05, 3.63) is 47.8 Å². The van der Waals surface area contributed by atoms with E-state index in [0.717, 1.165) is 17.4 Å². The second-order valence-electron chi connectivity index (χ2n) is 5.14. The lowest BCUT2D eigenvalue weighted by Gasteiger charge is -2.08. The van der Waals surface area contributed by atoms with Crippen LogP contribution in [0, 0.1) is 6.92 Å².